The lowest BCUT2D eigenvalue weighted by atomic mass is 10.1. The zero-order chi connectivity index (χ0) is 14.5. The summed E-state index contributed by atoms with van der Waals surface area (Å²) in [5, 5.41) is 0. The van der Waals surface area contributed by atoms with Gasteiger partial charge in [-0.25, -0.2) is 0 Å². The minimum Gasteiger partial charge on any atom is -0.496 e. The van der Waals surface area contributed by atoms with Gasteiger partial charge >= 0.3 is 7.60 Å². The number of methoxy groups -OCH3 is 1. The largest absolute Gasteiger partial charge is 0.496 e. The van der Waals surface area contributed by atoms with Gasteiger partial charge in [0.1, 0.15) is 11.5 Å². The number of benzene rings is 1. The minimum atomic E-state index is -3.36. The molecule has 0 saturated carbocycles. The lowest BCUT2D eigenvalue weighted by Crippen LogP contribution is -2.15. The van der Waals surface area contributed by atoms with E-state index in [1.807, 2.05) is 19.1 Å². The van der Waals surface area contributed by atoms with E-state index in [1.54, 1.807) is 27.0 Å². The molecule has 0 heterocycles. The number of nitrogens with two attached hydrogens (primary N) is 1. The van der Waals surface area contributed by atoms with Crippen molar-refractivity contribution in [2.24, 2.45) is 5.73 Å². The van der Waals surface area contributed by atoms with Crippen molar-refractivity contribution in [2.75, 3.05) is 20.3 Å². The van der Waals surface area contributed by atoms with Crippen molar-refractivity contribution in [3.8, 4) is 5.75 Å². The molecule has 0 fully saturated rings. The van der Waals surface area contributed by atoms with Gasteiger partial charge in [0, 0.05) is 0 Å². The fourth-order valence-corrected chi connectivity index (χ4v) is 3.40. The third kappa shape index (κ3) is 3.80. The zero-order valence-electron chi connectivity index (χ0n) is 11.9. The molecule has 0 aliphatic carbocycles. The lowest BCUT2D eigenvalue weighted by molar-refractivity contribution is 0.212. The molecule has 0 unspecified atom stereocenters. The second-order valence-electron chi connectivity index (χ2n) is 4.05. The van der Waals surface area contributed by atoms with E-state index >= 15 is 0 Å². The number of rotatable bonds is 7. The summed E-state index contributed by atoms with van der Waals surface area (Å²) in [6, 6.07) is 5.45. The average Bonchev–Trinajstić information content (AvgIpc) is 2.39. The summed E-state index contributed by atoms with van der Waals surface area (Å²) < 4.78 is 28.3. The molecule has 0 amide bonds. The summed E-state index contributed by atoms with van der Waals surface area (Å²) in [5.74, 6) is -0.116. The Balaban J connectivity index is 3.09. The number of hydrogen-bond donors (Lipinski definition) is 1. The Morgan fingerprint density at radius 2 is 1.84 bits per heavy atom. The van der Waals surface area contributed by atoms with Crippen LogP contribution in [0.2, 0.25) is 0 Å². The first-order chi connectivity index (χ1) is 8.98. The van der Waals surface area contributed by atoms with E-state index in [2.05, 4.69) is 0 Å². The van der Waals surface area contributed by atoms with Crippen molar-refractivity contribution in [3.63, 3.8) is 0 Å². The zero-order valence-corrected chi connectivity index (χ0v) is 12.8. The lowest BCUT2D eigenvalue weighted by Gasteiger charge is -2.23. The summed E-state index contributed by atoms with van der Waals surface area (Å²) in [4.78, 5) is 0. The van der Waals surface area contributed by atoms with Crippen LogP contribution in [0, 0.1) is 6.92 Å². The van der Waals surface area contributed by atoms with Crippen molar-refractivity contribution in [1.29, 1.82) is 0 Å². The standard InChI is InChI=1S/C13H22NO4P/c1-5-17-19(15,18-6-2)13(14)11-8-7-10(3)12(9-11)16-4/h7-9,13H,5-6,14H2,1-4H3/t13-/m1/s1. The highest BCUT2D eigenvalue weighted by Gasteiger charge is 2.34. The topological polar surface area (TPSA) is 70.8 Å². The molecule has 0 aromatic heterocycles. The van der Waals surface area contributed by atoms with E-state index in [-0.39, 0.29) is 13.2 Å². The van der Waals surface area contributed by atoms with Crippen LogP contribution in [-0.4, -0.2) is 20.3 Å². The number of hydrogen-bond acceptors (Lipinski definition) is 5. The molecule has 0 bridgehead atoms. The first-order valence-electron chi connectivity index (χ1n) is 6.27. The maximum atomic E-state index is 12.6. The molecule has 2 N–H and O–H groups in total. The van der Waals surface area contributed by atoms with Crippen molar-refractivity contribution < 1.29 is 18.3 Å². The van der Waals surface area contributed by atoms with Crippen molar-refractivity contribution in [3.05, 3.63) is 29.3 Å². The fraction of sp³-hybridized carbons (Fsp3) is 0.538. The third-order valence-corrected chi connectivity index (χ3v) is 4.95. The second-order valence-corrected chi connectivity index (χ2v) is 6.20. The van der Waals surface area contributed by atoms with Gasteiger partial charge in [0.25, 0.3) is 0 Å². The number of aryl methyl sites for hydroxylation is 1. The maximum Gasteiger partial charge on any atom is 0.351 e. The smallest absolute Gasteiger partial charge is 0.351 e. The van der Waals surface area contributed by atoms with Crippen LogP contribution in [0.5, 0.6) is 5.75 Å². The Bertz CT molecular complexity index is 454. The molecule has 5 nitrogen and oxygen atoms in total. The van der Waals surface area contributed by atoms with Crippen molar-refractivity contribution in [1.82, 2.24) is 0 Å². The summed E-state index contributed by atoms with van der Waals surface area (Å²) in [6.07, 6.45) is 0. The number of ether oxygens (including phenoxy) is 1. The Hall–Kier alpha value is -0.870. The Morgan fingerprint density at radius 1 is 1.26 bits per heavy atom. The molecule has 0 radical (unpaired) electrons. The third-order valence-electron chi connectivity index (χ3n) is 2.73. The van der Waals surface area contributed by atoms with Gasteiger partial charge in [-0.3, -0.25) is 4.57 Å². The van der Waals surface area contributed by atoms with Crippen LogP contribution < -0.4 is 10.5 Å². The van der Waals surface area contributed by atoms with Crippen LogP contribution in [0.4, 0.5) is 0 Å². The van der Waals surface area contributed by atoms with Gasteiger partial charge in [-0.1, -0.05) is 12.1 Å². The molecule has 0 saturated heterocycles. The molecule has 6 heteroatoms. The molecule has 108 valence electrons. The molecular weight excluding hydrogens is 265 g/mol. The van der Waals surface area contributed by atoms with Crippen LogP contribution in [0.15, 0.2) is 18.2 Å². The molecule has 1 atom stereocenters. The molecule has 1 aromatic rings. The first-order valence-corrected chi connectivity index (χ1v) is 7.88. The monoisotopic (exact) mass is 287 g/mol. The van der Waals surface area contributed by atoms with E-state index in [0.29, 0.717) is 11.3 Å². The maximum absolute atomic E-state index is 12.6. The van der Waals surface area contributed by atoms with E-state index in [4.69, 9.17) is 19.5 Å². The highest BCUT2D eigenvalue weighted by molar-refractivity contribution is 7.54. The van der Waals surface area contributed by atoms with Crippen LogP contribution in [0.3, 0.4) is 0 Å². The Kier molecular flexibility index (Phi) is 6.01. The SMILES string of the molecule is CCOP(=O)(OCC)[C@@H](N)c1ccc(C)c(OC)c1. The summed E-state index contributed by atoms with van der Waals surface area (Å²) in [5.41, 5.74) is 7.71. The summed E-state index contributed by atoms with van der Waals surface area (Å²) in [7, 11) is -1.77. The van der Waals surface area contributed by atoms with Crippen molar-refractivity contribution in [2.45, 2.75) is 26.6 Å². The Labute approximate surface area is 114 Å². The highest BCUT2D eigenvalue weighted by atomic mass is 31.2. The summed E-state index contributed by atoms with van der Waals surface area (Å²) >= 11 is 0. The normalized spacial score (nSPS) is 13.3. The average molecular weight is 287 g/mol. The molecule has 1 aromatic carbocycles. The molecule has 0 spiro atoms. The molecular formula is C13H22NO4P. The minimum absolute atomic E-state index is 0.286. The molecule has 19 heavy (non-hydrogen) atoms. The van der Waals surface area contributed by atoms with E-state index in [0.717, 1.165) is 5.56 Å². The fourth-order valence-electron chi connectivity index (χ4n) is 1.76. The van der Waals surface area contributed by atoms with E-state index < -0.39 is 13.4 Å². The van der Waals surface area contributed by atoms with E-state index in [1.165, 1.54) is 0 Å². The van der Waals surface area contributed by atoms with Gasteiger partial charge in [-0.05, 0) is 38.0 Å². The van der Waals surface area contributed by atoms with Gasteiger partial charge in [0.2, 0.25) is 0 Å². The first kappa shape index (κ1) is 16.2. The molecule has 1 rings (SSSR count). The van der Waals surface area contributed by atoms with Gasteiger partial charge in [0.15, 0.2) is 0 Å². The van der Waals surface area contributed by atoms with Gasteiger partial charge < -0.3 is 19.5 Å². The summed E-state index contributed by atoms with van der Waals surface area (Å²) in [6.45, 7) is 6.02. The highest BCUT2D eigenvalue weighted by Crippen LogP contribution is 2.58. The van der Waals surface area contributed by atoms with Crippen LogP contribution in [0.1, 0.15) is 30.8 Å². The quantitative estimate of drug-likeness (QED) is 0.780. The second kappa shape index (κ2) is 7.06. The van der Waals surface area contributed by atoms with Crippen LogP contribution in [-0.2, 0) is 13.6 Å². The predicted molar refractivity (Wildman–Crippen MR) is 75.5 cm³/mol. The van der Waals surface area contributed by atoms with E-state index in [9.17, 15) is 4.57 Å². The van der Waals surface area contributed by atoms with Crippen LogP contribution in [0.25, 0.3) is 0 Å². The predicted octanol–water partition coefficient (Wildman–Crippen LogP) is 3.23. The van der Waals surface area contributed by atoms with Gasteiger partial charge in [-0.15, -0.1) is 0 Å². The van der Waals surface area contributed by atoms with Crippen LogP contribution >= 0.6 is 7.60 Å². The van der Waals surface area contributed by atoms with Crippen molar-refractivity contribution >= 4 is 7.60 Å². The Morgan fingerprint density at radius 3 is 2.32 bits per heavy atom. The molecule has 0 aliphatic rings. The van der Waals surface area contributed by atoms with Gasteiger partial charge in [0.05, 0.1) is 20.3 Å². The molecule has 0 aliphatic heterocycles. The van der Waals surface area contributed by atoms with Gasteiger partial charge in [-0.2, -0.15) is 0 Å².